The minimum absolute atomic E-state index is 0.0569. The van der Waals surface area contributed by atoms with E-state index >= 15 is 0 Å². The van der Waals surface area contributed by atoms with Gasteiger partial charge in [0.2, 0.25) is 17.5 Å². The maximum absolute atomic E-state index is 12.2. The Kier molecular flexibility index (Phi) is 4.13. The van der Waals surface area contributed by atoms with Crippen molar-refractivity contribution < 1.29 is 9.15 Å². The number of anilines is 1. The van der Waals surface area contributed by atoms with E-state index in [4.69, 9.17) is 9.15 Å². The molecule has 29 heavy (non-hydrogen) atoms. The van der Waals surface area contributed by atoms with E-state index in [1.807, 2.05) is 41.0 Å². The largest absolute Gasteiger partial charge is 0.496 e. The van der Waals surface area contributed by atoms with Crippen molar-refractivity contribution in [3.63, 3.8) is 0 Å². The zero-order valence-corrected chi connectivity index (χ0v) is 16.0. The first kappa shape index (κ1) is 17.6. The minimum atomic E-state index is 0.0569. The van der Waals surface area contributed by atoms with Crippen molar-refractivity contribution in [1.82, 2.24) is 9.55 Å². The summed E-state index contributed by atoms with van der Waals surface area (Å²) in [5, 5.41) is 9.66. The lowest BCUT2D eigenvalue weighted by Crippen LogP contribution is -2.47. The molecule has 2 aliphatic rings. The molecule has 3 aromatic rings. The second kappa shape index (κ2) is 6.82. The van der Waals surface area contributed by atoms with Crippen LogP contribution in [0.3, 0.4) is 0 Å². The fourth-order valence-corrected chi connectivity index (χ4v) is 4.60. The molecular weight excluding hydrogens is 368 g/mol. The third-order valence-corrected chi connectivity index (χ3v) is 5.82. The molecule has 2 bridgehead atoms. The number of rotatable bonds is 3. The number of nitrogens with zero attached hydrogens (tertiary/aromatic N) is 4. The Hall–Kier alpha value is -3.53. The lowest BCUT2D eigenvalue weighted by Gasteiger charge is -2.42. The number of ether oxygens (including phenoxy) is 1. The molecule has 146 valence electrons. The second-order valence-electron chi connectivity index (χ2n) is 7.59. The molecule has 0 spiro atoms. The highest BCUT2D eigenvalue weighted by Crippen LogP contribution is 2.39. The highest BCUT2D eigenvalue weighted by molar-refractivity contribution is 5.66. The summed E-state index contributed by atoms with van der Waals surface area (Å²) in [5.74, 6) is 2.07. The summed E-state index contributed by atoms with van der Waals surface area (Å²) in [6.45, 7) is 2.11. The molecule has 1 saturated heterocycles. The van der Waals surface area contributed by atoms with Crippen LogP contribution in [-0.2, 0) is 6.54 Å². The zero-order chi connectivity index (χ0) is 20.0. The first-order valence-electron chi connectivity index (χ1n) is 9.67. The molecule has 1 fully saturated rings. The van der Waals surface area contributed by atoms with E-state index in [0.717, 1.165) is 18.7 Å². The van der Waals surface area contributed by atoms with Crippen LogP contribution < -0.4 is 15.2 Å². The Morgan fingerprint density at radius 1 is 1.17 bits per heavy atom. The van der Waals surface area contributed by atoms with Crippen molar-refractivity contribution in [2.75, 3.05) is 25.1 Å². The average molecular weight is 388 g/mol. The third-order valence-electron chi connectivity index (χ3n) is 5.82. The van der Waals surface area contributed by atoms with Crippen molar-refractivity contribution in [3.05, 3.63) is 64.2 Å². The number of hydrogen-bond acceptors (Lipinski definition) is 6. The van der Waals surface area contributed by atoms with Crippen LogP contribution in [0.25, 0.3) is 11.5 Å². The molecule has 0 aliphatic carbocycles. The first-order chi connectivity index (χ1) is 14.2. The number of methoxy groups -OCH3 is 1. The number of piperidine rings is 1. The van der Waals surface area contributed by atoms with Crippen LogP contribution in [0.5, 0.6) is 5.75 Å². The Balaban J connectivity index is 1.52. The lowest BCUT2D eigenvalue weighted by molar-refractivity contribution is 0.275. The normalized spacial score (nSPS) is 20.1. The maximum atomic E-state index is 12.2. The van der Waals surface area contributed by atoms with Crippen molar-refractivity contribution in [3.8, 4) is 23.3 Å². The van der Waals surface area contributed by atoms with Gasteiger partial charge >= 0.3 is 0 Å². The van der Waals surface area contributed by atoms with Crippen LogP contribution in [0.15, 0.2) is 51.7 Å². The molecule has 2 atom stereocenters. The van der Waals surface area contributed by atoms with E-state index in [1.54, 1.807) is 13.2 Å². The van der Waals surface area contributed by atoms with Crippen LogP contribution >= 0.6 is 0 Å². The molecule has 2 aliphatic heterocycles. The molecule has 0 unspecified atom stereocenters. The lowest BCUT2D eigenvalue weighted by atomic mass is 9.83. The Morgan fingerprint density at radius 3 is 2.86 bits per heavy atom. The summed E-state index contributed by atoms with van der Waals surface area (Å²) in [6, 6.07) is 15.1. The van der Waals surface area contributed by atoms with Gasteiger partial charge in [0.05, 0.1) is 12.7 Å². The van der Waals surface area contributed by atoms with Gasteiger partial charge in [-0.1, -0.05) is 18.2 Å². The summed E-state index contributed by atoms with van der Waals surface area (Å²) in [5.41, 5.74) is 2.10. The minimum Gasteiger partial charge on any atom is -0.496 e. The number of aromatic nitrogens is 2. The molecule has 7 heteroatoms. The highest BCUT2D eigenvalue weighted by atomic mass is 16.5. The van der Waals surface area contributed by atoms with Gasteiger partial charge in [-0.2, -0.15) is 10.2 Å². The van der Waals surface area contributed by atoms with Crippen LogP contribution in [0, 0.1) is 17.2 Å². The van der Waals surface area contributed by atoms with Gasteiger partial charge in [0.25, 0.3) is 5.56 Å². The molecule has 7 nitrogen and oxygen atoms in total. The smallest absolute Gasteiger partial charge is 0.250 e. The van der Waals surface area contributed by atoms with Gasteiger partial charge in [0.15, 0.2) is 0 Å². The predicted octanol–water partition coefficient (Wildman–Crippen LogP) is 3.01. The molecule has 2 aromatic heterocycles. The monoisotopic (exact) mass is 388 g/mol. The van der Waals surface area contributed by atoms with Crippen LogP contribution in [-0.4, -0.2) is 29.8 Å². The third kappa shape index (κ3) is 2.88. The van der Waals surface area contributed by atoms with Gasteiger partial charge in [0, 0.05) is 37.3 Å². The van der Waals surface area contributed by atoms with Crippen molar-refractivity contribution >= 4 is 5.88 Å². The topological polar surface area (TPSA) is 84.3 Å². The van der Waals surface area contributed by atoms with Crippen molar-refractivity contribution in [2.24, 2.45) is 5.92 Å². The Bertz CT molecular complexity index is 1170. The molecule has 0 amide bonds. The number of oxazole rings is 1. The number of para-hydroxylation sites is 1. The van der Waals surface area contributed by atoms with E-state index in [9.17, 15) is 10.1 Å². The van der Waals surface area contributed by atoms with Gasteiger partial charge in [-0.3, -0.25) is 4.79 Å². The Morgan fingerprint density at radius 2 is 2.03 bits per heavy atom. The summed E-state index contributed by atoms with van der Waals surface area (Å²) in [7, 11) is 1.60. The van der Waals surface area contributed by atoms with Crippen LogP contribution in [0.4, 0.5) is 5.88 Å². The van der Waals surface area contributed by atoms with Crippen LogP contribution in [0.2, 0.25) is 0 Å². The zero-order valence-electron chi connectivity index (χ0n) is 16.0. The number of pyridine rings is 1. The molecule has 4 heterocycles. The molecule has 0 saturated carbocycles. The number of nitriles is 1. The summed E-state index contributed by atoms with van der Waals surface area (Å²) < 4.78 is 13.4. The van der Waals surface area contributed by atoms with Gasteiger partial charge in [-0.05, 0) is 30.5 Å². The second-order valence-corrected chi connectivity index (χ2v) is 7.59. The number of hydrogen-bond donors (Lipinski definition) is 0. The van der Waals surface area contributed by atoms with Crippen LogP contribution in [0.1, 0.15) is 23.7 Å². The highest BCUT2D eigenvalue weighted by Gasteiger charge is 2.37. The molecule has 0 radical (unpaired) electrons. The quantitative estimate of drug-likeness (QED) is 0.686. The van der Waals surface area contributed by atoms with Gasteiger partial charge in [-0.15, -0.1) is 0 Å². The molecular formula is C22H20N4O3. The molecule has 5 rings (SSSR count). The SMILES string of the molecule is COc1ccccc1-c1nc(C#N)c(N2C[C@H]3C[C@@H](C2)c2cccc(=O)n2C3)o1. The summed E-state index contributed by atoms with van der Waals surface area (Å²) >= 11 is 0. The van der Waals surface area contributed by atoms with E-state index in [2.05, 4.69) is 16.0 Å². The fourth-order valence-electron chi connectivity index (χ4n) is 4.60. The number of fused-ring (bicyclic) bond motifs is 4. The van der Waals surface area contributed by atoms with Gasteiger partial charge < -0.3 is 18.6 Å². The van der Waals surface area contributed by atoms with E-state index < -0.39 is 0 Å². The van der Waals surface area contributed by atoms with Crippen molar-refractivity contribution in [2.45, 2.75) is 18.9 Å². The van der Waals surface area contributed by atoms with Gasteiger partial charge in [0.1, 0.15) is 11.8 Å². The fraction of sp³-hybridized carbons (Fsp3) is 0.318. The number of benzene rings is 1. The maximum Gasteiger partial charge on any atom is 0.250 e. The predicted molar refractivity (Wildman–Crippen MR) is 107 cm³/mol. The van der Waals surface area contributed by atoms with E-state index in [0.29, 0.717) is 42.1 Å². The Labute approximate surface area is 167 Å². The average Bonchev–Trinajstić information content (AvgIpc) is 3.19. The van der Waals surface area contributed by atoms with Crippen molar-refractivity contribution in [1.29, 1.82) is 5.26 Å². The molecule has 0 N–H and O–H groups in total. The van der Waals surface area contributed by atoms with E-state index in [-0.39, 0.29) is 17.2 Å². The van der Waals surface area contributed by atoms with E-state index in [1.165, 1.54) is 0 Å². The standard InChI is InChI=1S/C22H20N4O3/c1-28-19-7-3-2-5-16(19)21-24-17(10-23)22(29-21)25-11-14-9-15(13-25)18-6-4-8-20(27)26(18)12-14/h2-8,14-15H,9,11-13H2,1H3/t14-,15+/m1/s1. The van der Waals surface area contributed by atoms with Gasteiger partial charge in [-0.25, -0.2) is 0 Å². The summed E-state index contributed by atoms with van der Waals surface area (Å²) in [6.07, 6.45) is 1.04. The first-order valence-corrected chi connectivity index (χ1v) is 9.67. The summed E-state index contributed by atoms with van der Waals surface area (Å²) in [4.78, 5) is 18.8. The molecule has 1 aromatic carbocycles.